The van der Waals surface area contributed by atoms with E-state index in [2.05, 4.69) is 32.4 Å². The summed E-state index contributed by atoms with van der Waals surface area (Å²) in [5, 5.41) is 6.25. The van der Waals surface area contributed by atoms with Gasteiger partial charge in [-0.3, -0.25) is 4.79 Å². The number of nitrogens with zero attached hydrogens (tertiary/aromatic N) is 3. The Balaban J connectivity index is 1.49. The van der Waals surface area contributed by atoms with Crippen molar-refractivity contribution >= 4 is 17.5 Å². The van der Waals surface area contributed by atoms with Crippen LogP contribution in [0.1, 0.15) is 51.9 Å². The number of hydrogen-bond acceptors (Lipinski definition) is 5. The number of anilines is 2. The van der Waals surface area contributed by atoms with Gasteiger partial charge in [-0.1, -0.05) is 26.2 Å². The van der Waals surface area contributed by atoms with Gasteiger partial charge in [0.05, 0.1) is 6.54 Å². The molecule has 1 aromatic heterocycles. The maximum Gasteiger partial charge on any atom is 0.239 e. The number of nitrogens with one attached hydrogen (secondary N) is 2. The fraction of sp³-hybridized carbons (Fsp3) is 0.722. The van der Waals surface area contributed by atoms with Crippen LogP contribution in [-0.2, 0) is 4.79 Å². The fourth-order valence-electron chi connectivity index (χ4n) is 3.71. The molecule has 24 heavy (non-hydrogen) atoms. The van der Waals surface area contributed by atoms with Gasteiger partial charge in [-0.05, 0) is 31.6 Å². The summed E-state index contributed by atoms with van der Waals surface area (Å²) in [6, 6.07) is 2.30. The molecule has 1 aliphatic heterocycles. The number of aromatic nitrogens is 2. The van der Waals surface area contributed by atoms with Crippen molar-refractivity contribution in [1.82, 2.24) is 15.3 Å². The number of amides is 1. The minimum Gasteiger partial charge on any atom is -0.361 e. The van der Waals surface area contributed by atoms with Crippen molar-refractivity contribution in [3.8, 4) is 0 Å². The highest BCUT2D eigenvalue weighted by Crippen LogP contribution is 2.22. The van der Waals surface area contributed by atoms with E-state index in [1.165, 1.54) is 32.1 Å². The molecule has 132 valence electrons. The smallest absolute Gasteiger partial charge is 0.239 e. The third-order valence-corrected chi connectivity index (χ3v) is 5.03. The molecule has 1 amide bonds. The quantitative estimate of drug-likeness (QED) is 0.868. The summed E-state index contributed by atoms with van der Waals surface area (Å²) in [5.41, 5.74) is 0. The molecule has 6 heteroatoms. The summed E-state index contributed by atoms with van der Waals surface area (Å²) in [6.45, 7) is 4.63. The molecule has 0 radical (unpaired) electrons. The number of rotatable bonds is 5. The zero-order chi connectivity index (χ0) is 16.8. The Labute approximate surface area is 144 Å². The minimum atomic E-state index is 0.0497. The van der Waals surface area contributed by atoms with Crippen LogP contribution in [0, 0.1) is 5.92 Å². The summed E-state index contributed by atoms with van der Waals surface area (Å²) >= 11 is 0. The molecule has 0 aromatic carbocycles. The Kier molecular flexibility index (Phi) is 5.88. The Hall–Kier alpha value is -1.85. The van der Waals surface area contributed by atoms with Gasteiger partial charge in [-0.15, -0.1) is 0 Å². The summed E-state index contributed by atoms with van der Waals surface area (Å²) in [7, 11) is 0. The van der Waals surface area contributed by atoms with Crippen LogP contribution in [0.3, 0.4) is 0 Å². The predicted octanol–water partition coefficient (Wildman–Crippen LogP) is 2.57. The minimum absolute atomic E-state index is 0.0497. The zero-order valence-electron chi connectivity index (χ0n) is 14.6. The lowest BCUT2D eigenvalue weighted by Crippen LogP contribution is -2.39. The van der Waals surface area contributed by atoms with Gasteiger partial charge in [-0.25, -0.2) is 9.97 Å². The average molecular weight is 331 g/mol. The molecular formula is C18H29N5O. The molecule has 1 aliphatic carbocycles. The normalized spacial score (nSPS) is 22.2. The van der Waals surface area contributed by atoms with Gasteiger partial charge >= 0.3 is 0 Å². The SMILES string of the molecule is CC1CCCN(c2cc(NCC(=O)NC3CCCCC3)ncn2)C1. The van der Waals surface area contributed by atoms with E-state index in [1.54, 1.807) is 6.33 Å². The van der Waals surface area contributed by atoms with E-state index in [0.717, 1.165) is 37.6 Å². The molecule has 2 fully saturated rings. The molecule has 1 saturated heterocycles. The summed E-state index contributed by atoms with van der Waals surface area (Å²) in [4.78, 5) is 23.0. The van der Waals surface area contributed by atoms with Crippen molar-refractivity contribution < 1.29 is 4.79 Å². The van der Waals surface area contributed by atoms with Crippen LogP contribution >= 0.6 is 0 Å². The van der Waals surface area contributed by atoms with Gasteiger partial charge in [0, 0.05) is 25.2 Å². The largest absolute Gasteiger partial charge is 0.361 e. The molecule has 2 heterocycles. The van der Waals surface area contributed by atoms with E-state index < -0.39 is 0 Å². The second-order valence-corrected chi connectivity index (χ2v) is 7.21. The maximum absolute atomic E-state index is 12.1. The number of carbonyl (C=O) groups is 1. The Morgan fingerprint density at radius 3 is 2.83 bits per heavy atom. The number of piperidine rings is 1. The van der Waals surface area contributed by atoms with E-state index in [0.29, 0.717) is 12.0 Å². The third kappa shape index (κ3) is 4.82. The lowest BCUT2D eigenvalue weighted by atomic mass is 9.95. The van der Waals surface area contributed by atoms with E-state index in [1.807, 2.05) is 6.07 Å². The number of carbonyl (C=O) groups excluding carboxylic acids is 1. The van der Waals surface area contributed by atoms with E-state index in [4.69, 9.17) is 0 Å². The van der Waals surface area contributed by atoms with Crippen LogP contribution in [-0.4, -0.2) is 41.6 Å². The molecule has 0 bridgehead atoms. The Morgan fingerprint density at radius 2 is 2.04 bits per heavy atom. The zero-order valence-corrected chi connectivity index (χ0v) is 14.6. The molecule has 1 unspecified atom stereocenters. The maximum atomic E-state index is 12.1. The van der Waals surface area contributed by atoms with Crippen molar-refractivity contribution in [3.05, 3.63) is 12.4 Å². The Bertz CT molecular complexity index is 544. The molecule has 0 spiro atoms. The van der Waals surface area contributed by atoms with Crippen LogP contribution in [0.4, 0.5) is 11.6 Å². The van der Waals surface area contributed by atoms with Gasteiger partial charge in [0.2, 0.25) is 5.91 Å². The first kappa shape index (κ1) is 17.0. The lowest BCUT2D eigenvalue weighted by Gasteiger charge is -2.31. The van der Waals surface area contributed by atoms with Gasteiger partial charge < -0.3 is 15.5 Å². The Morgan fingerprint density at radius 1 is 1.21 bits per heavy atom. The summed E-state index contributed by atoms with van der Waals surface area (Å²) in [6.07, 6.45) is 10.0. The van der Waals surface area contributed by atoms with E-state index in [-0.39, 0.29) is 12.5 Å². The molecule has 2 aliphatic rings. The summed E-state index contributed by atoms with van der Waals surface area (Å²) in [5.74, 6) is 2.42. The second-order valence-electron chi connectivity index (χ2n) is 7.21. The van der Waals surface area contributed by atoms with E-state index in [9.17, 15) is 4.79 Å². The van der Waals surface area contributed by atoms with Crippen LogP contribution in [0.25, 0.3) is 0 Å². The van der Waals surface area contributed by atoms with Gasteiger partial charge in [0.1, 0.15) is 18.0 Å². The lowest BCUT2D eigenvalue weighted by molar-refractivity contribution is -0.120. The monoisotopic (exact) mass is 331 g/mol. The van der Waals surface area contributed by atoms with Crippen LogP contribution in [0.5, 0.6) is 0 Å². The first-order valence-electron chi connectivity index (χ1n) is 9.31. The highest BCUT2D eigenvalue weighted by atomic mass is 16.2. The summed E-state index contributed by atoms with van der Waals surface area (Å²) < 4.78 is 0. The molecule has 6 nitrogen and oxygen atoms in total. The topological polar surface area (TPSA) is 70.2 Å². The molecule has 1 atom stereocenters. The molecule has 3 rings (SSSR count). The standard InChI is InChI=1S/C18H29N5O/c1-14-6-5-9-23(12-14)17-10-16(20-13-21-17)19-11-18(24)22-15-7-3-2-4-8-15/h10,13-15H,2-9,11-12H2,1H3,(H,22,24)(H,19,20,21). The van der Waals surface area contributed by atoms with Gasteiger partial charge in [-0.2, -0.15) is 0 Å². The molecule has 1 saturated carbocycles. The fourth-order valence-corrected chi connectivity index (χ4v) is 3.71. The first-order chi connectivity index (χ1) is 11.7. The highest BCUT2D eigenvalue weighted by molar-refractivity contribution is 5.80. The van der Waals surface area contributed by atoms with Gasteiger partial charge in [0.25, 0.3) is 0 Å². The van der Waals surface area contributed by atoms with Crippen LogP contribution in [0.2, 0.25) is 0 Å². The first-order valence-corrected chi connectivity index (χ1v) is 9.31. The molecule has 1 aromatic rings. The van der Waals surface area contributed by atoms with Crippen molar-refractivity contribution in [2.45, 2.75) is 57.9 Å². The number of hydrogen-bond donors (Lipinski definition) is 2. The van der Waals surface area contributed by atoms with Crippen molar-refractivity contribution in [3.63, 3.8) is 0 Å². The van der Waals surface area contributed by atoms with Crippen LogP contribution in [0.15, 0.2) is 12.4 Å². The van der Waals surface area contributed by atoms with Crippen molar-refractivity contribution in [2.75, 3.05) is 29.9 Å². The van der Waals surface area contributed by atoms with Gasteiger partial charge in [0.15, 0.2) is 0 Å². The third-order valence-electron chi connectivity index (χ3n) is 5.03. The molecule has 2 N–H and O–H groups in total. The average Bonchev–Trinajstić information content (AvgIpc) is 2.61. The second kappa shape index (κ2) is 8.31. The molecular weight excluding hydrogens is 302 g/mol. The predicted molar refractivity (Wildman–Crippen MR) is 96.1 cm³/mol. The van der Waals surface area contributed by atoms with Crippen molar-refractivity contribution in [1.29, 1.82) is 0 Å². The van der Waals surface area contributed by atoms with E-state index >= 15 is 0 Å². The van der Waals surface area contributed by atoms with Crippen molar-refractivity contribution in [2.24, 2.45) is 5.92 Å². The van der Waals surface area contributed by atoms with Crippen LogP contribution < -0.4 is 15.5 Å². The highest BCUT2D eigenvalue weighted by Gasteiger charge is 2.18.